The number of nitrogens with one attached hydrogen (secondary N) is 1. The molecule has 0 heterocycles. The molecule has 3 nitrogen and oxygen atoms in total. The van der Waals surface area contributed by atoms with Crippen molar-refractivity contribution in [1.29, 1.82) is 0 Å². The van der Waals surface area contributed by atoms with Crippen LogP contribution in [0.5, 0.6) is 0 Å². The van der Waals surface area contributed by atoms with E-state index in [1.54, 1.807) is 0 Å². The second kappa shape index (κ2) is 5.69. The average molecular weight is 301 g/mol. The number of carbonyl (C=O) groups excluding carboxylic acids is 1. The number of carbonyl (C=O) groups is 1. The van der Waals surface area contributed by atoms with Gasteiger partial charge >= 0.3 is 5.97 Å². The largest absolute Gasteiger partial charge is 0.459 e. The summed E-state index contributed by atoms with van der Waals surface area (Å²) in [4.78, 5) is 13.0. The molecule has 1 aromatic rings. The number of rotatable bonds is 3. The molecule has 0 spiro atoms. The molecule has 0 aromatic heterocycles. The van der Waals surface area contributed by atoms with Crippen LogP contribution in [0.3, 0.4) is 0 Å². The van der Waals surface area contributed by atoms with E-state index in [2.05, 4.69) is 29.6 Å². The summed E-state index contributed by atoms with van der Waals surface area (Å²) in [6, 6.07) is 8.83. The van der Waals surface area contributed by atoms with Crippen molar-refractivity contribution in [2.24, 2.45) is 0 Å². The van der Waals surface area contributed by atoms with E-state index in [4.69, 9.17) is 4.74 Å². The van der Waals surface area contributed by atoms with Crippen molar-refractivity contribution < 1.29 is 9.53 Å². The second-order valence-electron chi connectivity index (χ2n) is 7.83. The molecule has 3 rings (SSSR count). The Hall–Kier alpha value is -1.35. The van der Waals surface area contributed by atoms with Crippen LogP contribution in [0.25, 0.3) is 0 Å². The Morgan fingerprint density at radius 3 is 2.18 bits per heavy atom. The minimum absolute atomic E-state index is 0.0944. The molecular formula is C19H27NO2. The summed E-state index contributed by atoms with van der Waals surface area (Å²) in [5.41, 5.74) is 1.53. The number of fused-ring (bicyclic) bond motifs is 1. The van der Waals surface area contributed by atoms with Gasteiger partial charge in [-0.2, -0.15) is 0 Å². The molecule has 0 amide bonds. The molecule has 0 unspecified atom stereocenters. The number of esters is 1. The first-order valence-electron chi connectivity index (χ1n) is 8.46. The normalized spacial score (nSPS) is 20.9. The van der Waals surface area contributed by atoms with E-state index in [-0.39, 0.29) is 5.97 Å². The summed E-state index contributed by atoms with van der Waals surface area (Å²) < 4.78 is 5.77. The highest BCUT2D eigenvalue weighted by Crippen LogP contribution is 2.34. The van der Waals surface area contributed by atoms with E-state index in [9.17, 15) is 4.79 Å². The first kappa shape index (κ1) is 15.5. The summed E-state index contributed by atoms with van der Waals surface area (Å²) in [5.74, 6) is -0.0944. The van der Waals surface area contributed by atoms with Gasteiger partial charge in [0.1, 0.15) is 11.1 Å². The zero-order chi connectivity index (χ0) is 15.8. The fourth-order valence-electron chi connectivity index (χ4n) is 3.76. The predicted molar refractivity (Wildman–Crippen MR) is 87.8 cm³/mol. The highest BCUT2D eigenvalue weighted by atomic mass is 16.6. The van der Waals surface area contributed by atoms with Gasteiger partial charge in [-0.1, -0.05) is 37.1 Å². The zero-order valence-electron chi connectivity index (χ0n) is 13.9. The van der Waals surface area contributed by atoms with E-state index < -0.39 is 11.1 Å². The molecule has 2 aliphatic carbocycles. The Balaban J connectivity index is 1.85. The van der Waals surface area contributed by atoms with Gasteiger partial charge in [0.15, 0.2) is 0 Å². The highest BCUT2D eigenvalue weighted by Gasteiger charge is 2.47. The molecule has 2 aliphatic rings. The fourth-order valence-corrected chi connectivity index (χ4v) is 3.76. The van der Waals surface area contributed by atoms with Gasteiger partial charge in [-0.05, 0) is 44.7 Å². The van der Waals surface area contributed by atoms with Gasteiger partial charge in [0.2, 0.25) is 0 Å². The van der Waals surface area contributed by atoms with Gasteiger partial charge in [-0.15, -0.1) is 0 Å². The molecule has 1 fully saturated rings. The first-order chi connectivity index (χ1) is 10.4. The minimum atomic E-state index is -0.577. The molecule has 0 atom stereocenters. The monoisotopic (exact) mass is 301 g/mol. The minimum Gasteiger partial charge on any atom is -0.459 e. The van der Waals surface area contributed by atoms with Crippen LogP contribution in [0, 0.1) is 0 Å². The molecule has 3 heteroatoms. The Labute approximate surface area is 133 Å². The maximum atomic E-state index is 13.0. The lowest BCUT2D eigenvalue weighted by atomic mass is 9.93. The number of ether oxygens (including phenoxy) is 1. The third-order valence-electron chi connectivity index (χ3n) is 4.73. The molecule has 120 valence electrons. The molecule has 0 radical (unpaired) electrons. The lowest BCUT2D eigenvalue weighted by Gasteiger charge is -2.34. The quantitative estimate of drug-likeness (QED) is 0.870. The highest BCUT2D eigenvalue weighted by molar-refractivity contribution is 5.83. The van der Waals surface area contributed by atoms with Crippen LogP contribution >= 0.6 is 0 Å². The maximum Gasteiger partial charge on any atom is 0.327 e. The van der Waals surface area contributed by atoms with Crippen molar-refractivity contribution in [2.75, 3.05) is 0 Å². The van der Waals surface area contributed by atoms with Gasteiger partial charge < -0.3 is 4.74 Å². The smallest absolute Gasteiger partial charge is 0.327 e. The van der Waals surface area contributed by atoms with Crippen molar-refractivity contribution >= 4 is 5.97 Å². The van der Waals surface area contributed by atoms with Crippen LogP contribution < -0.4 is 5.32 Å². The molecular weight excluding hydrogens is 274 g/mol. The van der Waals surface area contributed by atoms with Gasteiger partial charge in [0.05, 0.1) is 0 Å². The molecule has 0 bridgehead atoms. The zero-order valence-corrected chi connectivity index (χ0v) is 13.9. The van der Waals surface area contributed by atoms with Gasteiger partial charge in [0.25, 0.3) is 0 Å². The molecule has 1 saturated carbocycles. The summed E-state index contributed by atoms with van der Waals surface area (Å²) >= 11 is 0. The van der Waals surface area contributed by atoms with E-state index in [0.717, 1.165) is 12.8 Å². The third-order valence-corrected chi connectivity index (χ3v) is 4.73. The van der Waals surface area contributed by atoms with Crippen molar-refractivity contribution in [2.45, 2.75) is 76.5 Å². The number of hydrogen-bond donors (Lipinski definition) is 1. The van der Waals surface area contributed by atoms with E-state index in [1.165, 1.54) is 36.8 Å². The Bertz CT molecular complexity index is 528. The van der Waals surface area contributed by atoms with Gasteiger partial charge in [-0.3, -0.25) is 10.1 Å². The average Bonchev–Trinajstić information content (AvgIpc) is 3.04. The fraction of sp³-hybridized carbons (Fsp3) is 0.632. The van der Waals surface area contributed by atoms with Gasteiger partial charge in [0, 0.05) is 18.9 Å². The summed E-state index contributed by atoms with van der Waals surface area (Å²) in [6.45, 7) is 5.82. The standard InChI is InChI=1S/C19H27NO2/c1-18(2,3)22-17(21)19(20-16-10-6-7-11-16)12-14-8-4-5-9-15(14)13-19/h4-5,8-9,16,20H,6-7,10-13H2,1-3H3. The van der Waals surface area contributed by atoms with Crippen molar-refractivity contribution in [3.63, 3.8) is 0 Å². The maximum absolute atomic E-state index is 13.0. The van der Waals surface area contributed by atoms with E-state index >= 15 is 0 Å². The van der Waals surface area contributed by atoms with Crippen molar-refractivity contribution in [3.8, 4) is 0 Å². The Kier molecular flexibility index (Phi) is 4.02. The molecule has 22 heavy (non-hydrogen) atoms. The predicted octanol–water partition coefficient (Wildman–Crippen LogP) is 3.40. The third kappa shape index (κ3) is 3.19. The lowest BCUT2D eigenvalue weighted by Crippen LogP contribution is -2.58. The van der Waals surface area contributed by atoms with Gasteiger partial charge in [-0.25, -0.2) is 0 Å². The van der Waals surface area contributed by atoms with Crippen molar-refractivity contribution in [3.05, 3.63) is 35.4 Å². The number of benzene rings is 1. The topological polar surface area (TPSA) is 38.3 Å². The van der Waals surface area contributed by atoms with Crippen LogP contribution in [0.4, 0.5) is 0 Å². The van der Waals surface area contributed by atoms with Crippen LogP contribution in [-0.4, -0.2) is 23.2 Å². The van der Waals surface area contributed by atoms with E-state index in [1.807, 2.05) is 20.8 Å². The van der Waals surface area contributed by atoms with Crippen molar-refractivity contribution in [1.82, 2.24) is 5.32 Å². The van der Waals surface area contributed by atoms with Crippen LogP contribution in [0.2, 0.25) is 0 Å². The summed E-state index contributed by atoms with van der Waals surface area (Å²) in [7, 11) is 0. The first-order valence-corrected chi connectivity index (χ1v) is 8.46. The van der Waals surface area contributed by atoms with E-state index in [0.29, 0.717) is 6.04 Å². The lowest BCUT2D eigenvalue weighted by molar-refractivity contribution is -0.163. The number of hydrogen-bond acceptors (Lipinski definition) is 3. The summed E-state index contributed by atoms with van der Waals surface area (Å²) in [5, 5.41) is 3.69. The van der Waals surface area contributed by atoms with Crippen LogP contribution in [-0.2, 0) is 22.4 Å². The SMILES string of the molecule is CC(C)(C)OC(=O)C1(NC2CCCC2)Cc2ccccc2C1. The molecule has 1 aromatic carbocycles. The molecule has 0 aliphatic heterocycles. The van der Waals surface area contributed by atoms with Crippen LogP contribution in [0.15, 0.2) is 24.3 Å². The van der Waals surface area contributed by atoms with Crippen LogP contribution in [0.1, 0.15) is 57.6 Å². The summed E-state index contributed by atoms with van der Waals surface area (Å²) in [6.07, 6.45) is 6.34. The Morgan fingerprint density at radius 2 is 1.68 bits per heavy atom. The molecule has 0 saturated heterocycles. The second-order valence-corrected chi connectivity index (χ2v) is 7.83. The molecule has 1 N–H and O–H groups in total. The Morgan fingerprint density at radius 1 is 1.14 bits per heavy atom.